The SMILES string of the molecule is C1=Cc2c(oc3c(-c4ccccc4)cccc23)C(c2ccc3c(c2)c2ccccc2n3-c2ccc3ccc4c5c(ccc2c35)=CCC4)C1. The molecule has 2 nitrogen and oxygen atoms in total. The molecule has 0 N–H and O–H groups in total. The summed E-state index contributed by atoms with van der Waals surface area (Å²) in [6, 6.07) is 47.1. The van der Waals surface area contributed by atoms with Crippen LogP contribution in [0.4, 0.5) is 0 Å². The second kappa shape index (κ2) is 9.82. The minimum Gasteiger partial charge on any atom is -0.459 e. The number of allylic oxidation sites excluding steroid dienone is 1. The van der Waals surface area contributed by atoms with E-state index in [9.17, 15) is 0 Å². The first-order chi connectivity index (χ1) is 23.8. The van der Waals surface area contributed by atoms with Gasteiger partial charge in [-0.1, -0.05) is 121 Å². The Kier molecular flexibility index (Phi) is 5.37. The molecule has 226 valence electrons. The lowest BCUT2D eigenvalue weighted by atomic mass is 9.86. The zero-order valence-corrected chi connectivity index (χ0v) is 26.4. The highest BCUT2D eigenvalue weighted by Crippen LogP contribution is 2.45. The maximum atomic E-state index is 6.87. The monoisotopic (exact) mass is 613 g/mol. The fourth-order valence-corrected chi connectivity index (χ4v) is 8.80. The van der Waals surface area contributed by atoms with Crippen LogP contribution in [0.3, 0.4) is 0 Å². The smallest absolute Gasteiger partial charge is 0.142 e. The van der Waals surface area contributed by atoms with E-state index in [1.807, 2.05) is 0 Å². The van der Waals surface area contributed by atoms with E-state index in [4.69, 9.17) is 4.42 Å². The molecule has 0 amide bonds. The van der Waals surface area contributed by atoms with Gasteiger partial charge in [-0.25, -0.2) is 0 Å². The molecule has 1 unspecified atom stereocenters. The lowest BCUT2D eigenvalue weighted by Gasteiger charge is -2.19. The summed E-state index contributed by atoms with van der Waals surface area (Å²) in [4.78, 5) is 0. The van der Waals surface area contributed by atoms with Gasteiger partial charge in [-0.15, -0.1) is 0 Å². The van der Waals surface area contributed by atoms with Crippen molar-refractivity contribution in [2.75, 3.05) is 0 Å². The van der Waals surface area contributed by atoms with Crippen LogP contribution in [-0.4, -0.2) is 4.57 Å². The first-order valence-electron chi connectivity index (χ1n) is 17.1. The quantitative estimate of drug-likeness (QED) is 0.194. The van der Waals surface area contributed by atoms with Crippen LogP contribution in [0, 0.1) is 0 Å². The molecule has 0 fully saturated rings. The summed E-state index contributed by atoms with van der Waals surface area (Å²) < 4.78 is 9.36. The maximum absolute atomic E-state index is 6.87. The lowest BCUT2D eigenvalue weighted by Crippen LogP contribution is -2.10. The molecule has 0 aliphatic heterocycles. The van der Waals surface area contributed by atoms with Gasteiger partial charge in [-0.3, -0.25) is 0 Å². The van der Waals surface area contributed by atoms with Crippen LogP contribution in [0.1, 0.15) is 41.2 Å². The van der Waals surface area contributed by atoms with E-state index in [2.05, 4.69) is 150 Å². The molecule has 1 atom stereocenters. The molecular formula is C46H31NO. The largest absolute Gasteiger partial charge is 0.459 e. The highest BCUT2D eigenvalue weighted by molar-refractivity contribution is 6.17. The highest BCUT2D eigenvalue weighted by Gasteiger charge is 2.27. The topological polar surface area (TPSA) is 18.1 Å². The third kappa shape index (κ3) is 3.58. The Labute approximate surface area is 277 Å². The van der Waals surface area contributed by atoms with Gasteiger partial charge in [0.2, 0.25) is 0 Å². The zero-order chi connectivity index (χ0) is 31.3. The number of benzene rings is 7. The van der Waals surface area contributed by atoms with Crippen LogP contribution in [-0.2, 0) is 6.42 Å². The predicted molar refractivity (Wildman–Crippen MR) is 201 cm³/mol. The van der Waals surface area contributed by atoms with Crippen molar-refractivity contribution in [3.8, 4) is 16.8 Å². The summed E-state index contributed by atoms with van der Waals surface area (Å²) >= 11 is 0. The van der Waals surface area contributed by atoms with Gasteiger partial charge in [0.15, 0.2) is 0 Å². The van der Waals surface area contributed by atoms with E-state index in [-0.39, 0.29) is 5.92 Å². The van der Waals surface area contributed by atoms with Crippen LogP contribution in [0.2, 0.25) is 0 Å². The van der Waals surface area contributed by atoms with Crippen molar-refractivity contribution in [2.24, 2.45) is 0 Å². The van der Waals surface area contributed by atoms with Gasteiger partial charge >= 0.3 is 0 Å². The number of hydrogen-bond donors (Lipinski definition) is 0. The van der Waals surface area contributed by atoms with Crippen LogP contribution in [0.5, 0.6) is 0 Å². The number of fused-ring (bicyclic) bond motifs is 6. The first-order valence-corrected chi connectivity index (χ1v) is 17.1. The third-order valence-electron chi connectivity index (χ3n) is 11.0. The van der Waals surface area contributed by atoms with Crippen molar-refractivity contribution >= 4 is 66.5 Å². The van der Waals surface area contributed by atoms with Gasteiger partial charge in [-0.05, 0) is 81.6 Å². The molecular weight excluding hydrogens is 583 g/mol. The van der Waals surface area contributed by atoms with Crippen LogP contribution in [0.25, 0.3) is 83.3 Å². The summed E-state index contributed by atoms with van der Waals surface area (Å²) in [7, 11) is 0. The predicted octanol–water partition coefficient (Wildman–Crippen LogP) is 11.5. The van der Waals surface area contributed by atoms with Gasteiger partial charge in [0.05, 0.1) is 16.7 Å². The molecule has 9 aromatic rings. The molecule has 0 radical (unpaired) electrons. The number of furan rings is 1. The maximum Gasteiger partial charge on any atom is 0.142 e. The van der Waals surface area contributed by atoms with Crippen molar-refractivity contribution in [1.29, 1.82) is 0 Å². The van der Waals surface area contributed by atoms with Crippen molar-refractivity contribution in [1.82, 2.24) is 4.57 Å². The fourth-order valence-electron chi connectivity index (χ4n) is 8.80. The summed E-state index contributed by atoms with van der Waals surface area (Å²) in [6.45, 7) is 0. The summed E-state index contributed by atoms with van der Waals surface area (Å²) in [6.07, 6.45) is 10.1. The minimum atomic E-state index is 0.147. The van der Waals surface area contributed by atoms with E-state index in [1.54, 1.807) is 0 Å². The van der Waals surface area contributed by atoms with Crippen molar-refractivity contribution in [3.63, 3.8) is 0 Å². The van der Waals surface area contributed by atoms with E-state index >= 15 is 0 Å². The van der Waals surface area contributed by atoms with Crippen molar-refractivity contribution in [3.05, 3.63) is 161 Å². The van der Waals surface area contributed by atoms with Gasteiger partial charge in [-0.2, -0.15) is 0 Å². The number of hydrogen-bond acceptors (Lipinski definition) is 1. The third-order valence-corrected chi connectivity index (χ3v) is 11.0. The Morgan fingerprint density at radius 1 is 0.646 bits per heavy atom. The molecule has 0 bridgehead atoms. The van der Waals surface area contributed by atoms with Crippen molar-refractivity contribution in [2.45, 2.75) is 25.2 Å². The molecule has 2 heterocycles. The molecule has 2 heteroatoms. The van der Waals surface area contributed by atoms with Crippen LogP contribution in [0.15, 0.2) is 138 Å². The molecule has 2 aliphatic carbocycles. The van der Waals surface area contributed by atoms with Crippen LogP contribution >= 0.6 is 0 Å². The fraction of sp³-hybridized carbons (Fsp3) is 0.0870. The summed E-state index contributed by atoms with van der Waals surface area (Å²) in [5, 5.41) is 10.6. The molecule has 7 aromatic carbocycles. The Morgan fingerprint density at radius 3 is 2.46 bits per heavy atom. The Hall–Kier alpha value is -5.86. The minimum absolute atomic E-state index is 0.147. The van der Waals surface area contributed by atoms with E-state index in [1.165, 1.54) is 81.9 Å². The molecule has 0 saturated carbocycles. The second-order valence-electron chi connectivity index (χ2n) is 13.5. The Morgan fingerprint density at radius 2 is 1.50 bits per heavy atom. The van der Waals surface area contributed by atoms with E-state index in [0.717, 1.165) is 36.2 Å². The molecule has 2 aromatic heterocycles. The molecule has 48 heavy (non-hydrogen) atoms. The van der Waals surface area contributed by atoms with Gasteiger partial charge in [0, 0.05) is 38.6 Å². The molecule has 0 saturated heterocycles. The van der Waals surface area contributed by atoms with Gasteiger partial charge < -0.3 is 8.98 Å². The number of nitrogens with zero attached hydrogens (tertiary/aromatic N) is 1. The van der Waals surface area contributed by atoms with Gasteiger partial charge in [0.1, 0.15) is 11.3 Å². The summed E-state index contributed by atoms with van der Waals surface area (Å²) in [5.74, 6) is 1.21. The Bertz CT molecular complexity index is 2860. The Balaban J connectivity index is 1.12. The number of aromatic nitrogens is 1. The first kappa shape index (κ1) is 26.2. The van der Waals surface area contributed by atoms with E-state index in [0.29, 0.717) is 0 Å². The van der Waals surface area contributed by atoms with Gasteiger partial charge in [0.25, 0.3) is 0 Å². The molecule has 0 spiro atoms. The molecule has 11 rings (SSSR count). The number of rotatable bonds is 3. The number of aryl methyl sites for hydroxylation is 1. The van der Waals surface area contributed by atoms with E-state index < -0.39 is 0 Å². The zero-order valence-electron chi connectivity index (χ0n) is 26.4. The lowest BCUT2D eigenvalue weighted by molar-refractivity contribution is 0.517. The summed E-state index contributed by atoms with van der Waals surface area (Å²) in [5.41, 5.74) is 11.0. The average molecular weight is 614 g/mol. The highest BCUT2D eigenvalue weighted by atomic mass is 16.3. The second-order valence-corrected chi connectivity index (χ2v) is 13.5. The standard InChI is InChI=1S/C46H31NO/c1-2-9-28(10-3-1)33-14-7-16-36-37-17-8-15-34(46(37)48-45(33)36)32-23-26-42-39(27-32)35-13-4-5-18-40(35)47(42)41-25-22-31-20-19-29-11-6-12-30-21-24-38(41)44(31)43(29)30/h1-5,7-10,12-14,16-27,34H,6,11,15H2. The molecule has 2 aliphatic rings. The normalized spacial score (nSPS) is 15.5. The number of para-hydroxylation sites is 2. The average Bonchev–Trinajstić information content (AvgIpc) is 3.70. The van der Waals surface area contributed by atoms with Crippen LogP contribution < -0.4 is 5.22 Å². The van der Waals surface area contributed by atoms with Crippen molar-refractivity contribution < 1.29 is 4.42 Å².